The van der Waals surface area contributed by atoms with Crippen LogP contribution in [0.4, 0.5) is 0 Å². The lowest BCUT2D eigenvalue weighted by molar-refractivity contribution is -0.150. The van der Waals surface area contributed by atoms with E-state index in [2.05, 4.69) is 56.9 Å². The number of hydrogen-bond donors (Lipinski definition) is 1. The van der Waals surface area contributed by atoms with Gasteiger partial charge in [-0.05, 0) is 45.7 Å². The number of carboxylic acids is 1. The van der Waals surface area contributed by atoms with Crippen molar-refractivity contribution in [2.45, 2.75) is 51.7 Å². The van der Waals surface area contributed by atoms with Gasteiger partial charge in [0, 0.05) is 11.1 Å². The van der Waals surface area contributed by atoms with Gasteiger partial charge in [-0.2, -0.15) is 0 Å². The summed E-state index contributed by atoms with van der Waals surface area (Å²) in [5.41, 5.74) is 1.31. The molecule has 0 spiro atoms. The van der Waals surface area contributed by atoms with Crippen LogP contribution < -0.4 is 0 Å². The number of benzene rings is 2. The average Bonchev–Trinajstić information content (AvgIpc) is 2.56. The quantitative estimate of drug-likeness (QED) is 0.841. The van der Waals surface area contributed by atoms with Gasteiger partial charge in [-0.1, -0.05) is 60.7 Å². The molecule has 1 atom stereocenters. The Bertz CT molecular complexity index is 626. The second-order valence-electron chi connectivity index (χ2n) is 7.23. The van der Waals surface area contributed by atoms with Crippen molar-refractivity contribution in [1.82, 2.24) is 4.90 Å². The third kappa shape index (κ3) is 3.36. The van der Waals surface area contributed by atoms with Crippen molar-refractivity contribution in [3.05, 3.63) is 71.8 Å². The summed E-state index contributed by atoms with van der Waals surface area (Å²) >= 11 is 0. The van der Waals surface area contributed by atoms with Crippen molar-refractivity contribution in [3.8, 4) is 0 Å². The predicted molar refractivity (Wildman–Crippen MR) is 97.9 cm³/mol. The van der Waals surface area contributed by atoms with Crippen LogP contribution in [0, 0.1) is 0 Å². The average molecular weight is 325 g/mol. The van der Waals surface area contributed by atoms with Gasteiger partial charge in [-0.3, -0.25) is 9.69 Å². The first kappa shape index (κ1) is 18.2. The lowest BCUT2D eigenvalue weighted by Crippen LogP contribution is -2.58. The molecule has 0 aromatic heterocycles. The fraction of sp³-hybridized carbons (Fsp3) is 0.381. The molecule has 1 N–H and O–H groups in total. The van der Waals surface area contributed by atoms with E-state index < -0.39 is 23.1 Å². The molecule has 2 aromatic rings. The smallest absolute Gasteiger partial charge is 0.320 e. The summed E-state index contributed by atoms with van der Waals surface area (Å²) in [5, 5.41) is 9.73. The fourth-order valence-electron chi connectivity index (χ4n) is 3.75. The van der Waals surface area contributed by atoms with Crippen LogP contribution in [0.15, 0.2) is 60.7 Å². The van der Waals surface area contributed by atoms with E-state index in [1.165, 1.54) is 0 Å². The summed E-state index contributed by atoms with van der Waals surface area (Å²) in [5.74, 6) is -0.817. The maximum Gasteiger partial charge on any atom is 0.320 e. The normalized spacial score (nSPS) is 13.8. The number of nitrogens with zero attached hydrogens (tertiary/aromatic N) is 1. The highest BCUT2D eigenvalue weighted by Gasteiger charge is 2.44. The van der Waals surface area contributed by atoms with Gasteiger partial charge in [-0.25, -0.2) is 0 Å². The largest absolute Gasteiger partial charge is 0.480 e. The predicted octanol–water partition coefficient (Wildman–Crippen LogP) is 4.63. The van der Waals surface area contributed by atoms with Gasteiger partial charge < -0.3 is 5.11 Å². The molecule has 3 heteroatoms. The van der Waals surface area contributed by atoms with Crippen LogP contribution in [0.2, 0.25) is 0 Å². The number of carboxylic acid groups (broad SMARTS) is 1. The SMILES string of the molecule is CC(C(=O)O)N(C(C)(C)c1ccccc1)C(C)(C)c1ccccc1. The Morgan fingerprint density at radius 2 is 1.17 bits per heavy atom. The van der Waals surface area contributed by atoms with Gasteiger partial charge in [0.15, 0.2) is 0 Å². The molecule has 0 aliphatic rings. The van der Waals surface area contributed by atoms with Crippen molar-refractivity contribution in [1.29, 1.82) is 0 Å². The van der Waals surface area contributed by atoms with E-state index in [9.17, 15) is 9.90 Å². The van der Waals surface area contributed by atoms with E-state index in [0.29, 0.717) is 0 Å². The molecule has 0 aliphatic carbocycles. The number of aliphatic carboxylic acids is 1. The van der Waals surface area contributed by atoms with Crippen molar-refractivity contribution in [3.63, 3.8) is 0 Å². The maximum absolute atomic E-state index is 11.9. The minimum absolute atomic E-state index is 0.446. The van der Waals surface area contributed by atoms with Crippen molar-refractivity contribution < 1.29 is 9.90 Å². The third-order valence-electron chi connectivity index (χ3n) is 4.91. The van der Waals surface area contributed by atoms with Gasteiger partial charge in [0.25, 0.3) is 0 Å². The summed E-state index contributed by atoms with van der Waals surface area (Å²) < 4.78 is 0. The molecule has 0 aliphatic heterocycles. The summed E-state index contributed by atoms with van der Waals surface area (Å²) in [6, 6.07) is 19.5. The third-order valence-corrected chi connectivity index (χ3v) is 4.91. The van der Waals surface area contributed by atoms with E-state index >= 15 is 0 Å². The van der Waals surface area contributed by atoms with Crippen molar-refractivity contribution in [2.24, 2.45) is 0 Å². The number of rotatable bonds is 6. The molecule has 0 radical (unpaired) electrons. The Morgan fingerprint density at radius 1 is 0.833 bits per heavy atom. The summed E-state index contributed by atoms with van der Waals surface area (Å²) in [6.45, 7) is 10.1. The zero-order valence-electron chi connectivity index (χ0n) is 15.2. The fourth-order valence-corrected chi connectivity index (χ4v) is 3.75. The van der Waals surface area contributed by atoms with Gasteiger partial charge in [-0.15, -0.1) is 0 Å². The van der Waals surface area contributed by atoms with E-state index in [1.54, 1.807) is 6.92 Å². The van der Waals surface area contributed by atoms with Gasteiger partial charge in [0.05, 0.1) is 0 Å². The van der Waals surface area contributed by atoms with Crippen LogP contribution in [-0.4, -0.2) is 22.0 Å². The second kappa shape index (κ2) is 6.78. The lowest BCUT2D eigenvalue weighted by Gasteiger charge is -2.51. The van der Waals surface area contributed by atoms with Crippen molar-refractivity contribution in [2.75, 3.05) is 0 Å². The van der Waals surface area contributed by atoms with Crippen LogP contribution in [0.5, 0.6) is 0 Å². The molecule has 128 valence electrons. The van der Waals surface area contributed by atoms with E-state index in [4.69, 9.17) is 0 Å². The minimum atomic E-state index is -0.817. The first-order valence-electron chi connectivity index (χ1n) is 8.32. The number of carbonyl (C=O) groups is 1. The summed E-state index contributed by atoms with van der Waals surface area (Å²) in [7, 11) is 0. The zero-order chi connectivity index (χ0) is 18.0. The topological polar surface area (TPSA) is 40.5 Å². The van der Waals surface area contributed by atoms with Crippen LogP contribution >= 0.6 is 0 Å². The van der Waals surface area contributed by atoms with E-state index in [1.807, 2.05) is 36.4 Å². The highest BCUT2D eigenvalue weighted by Crippen LogP contribution is 2.41. The molecule has 1 unspecified atom stereocenters. The lowest BCUT2D eigenvalue weighted by atomic mass is 9.82. The Hall–Kier alpha value is -2.13. The van der Waals surface area contributed by atoms with Crippen molar-refractivity contribution >= 4 is 5.97 Å². The van der Waals surface area contributed by atoms with Crippen LogP contribution in [0.25, 0.3) is 0 Å². The second-order valence-corrected chi connectivity index (χ2v) is 7.23. The monoisotopic (exact) mass is 325 g/mol. The molecule has 24 heavy (non-hydrogen) atoms. The molecule has 0 amide bonds. The first-order chi connectivity index (χ1) is 11.2. The van der Waals surface area contributed by atoms with Crippen LogP contribution in [0.3, 0.4) is 0 Å². The zero-order valence-corrected chi connectivity index (χ0v) is 15.2. The van der Waals surface area contributed by atoms with E-state index in [0.717, 1.165) is 11.1 Å². The summed E-state index contributed by atoms with van der Waals surface area (Å²) in [4.78, 5) is 13.9. The molecular formula is C21H27NO2. The van der Waals surface area contributed by atoms with E-state index in [-0.39, 0.29) is 0 Å². The van der Waals surface area contributed by atoms with Crippen LogP contribution in [-0.2, 0) is 15.9 Å². The maximum atomic E-state index is 11.9. The Balaban J connectivity index is 2.59. The first-order valence-corrected chi connectivity index (χ1v) is 8.32. The summed E-state index contributed by atoms with van der Waals surface area (Å²) in [6.07, 6.45) is 0. The highest BCUT2D eigenvalue weighted by molar-refractivity contribution is 5.73. The molecule has 0 heterocycles. The molecule has 0 bridgehead atoms. The Kier molecular flexibility index (Phi) is 5.14. The molecule has 0 fully saturated rings. The molecule has 3 nitrogen and oxygen atoms in total. The van der Waals surface area contributed by atoms with Gasteiger partial charge in [0.1, 0.15) is 6.04 Å². The van der Waals surface area contributed by atoms with Gasteiger partial charge >= 0.3 is 5.97 Å². The molecular weight excluding hydrogens is 298 g/mol. The molecule has 2 aromatic carbocycles. The molecule has 0 saturated carbocycles. The highest BCUT2D eigenvalue weighted by atomic mass is 16.4. The standard InChI is InChI=1S/C21H27NO2/c1-16(19(23)24)22(20(2,3)17-12-8-6-9-13-17)21(4,5)18-14-10-7-11-15-18/h6-16H,1-5H3,(H,23,24). The molecule has 0 saturated heterocycles. The van der Waals surface area contributed by atoms with Gasteiger partial charge in [0.2, 0.25) is 0 Å². The van der Waals surface area contributed by atoms with Crippen LogP contribution in [0.1, 0.15) is 45.7 Å². The minimum Gasteiger partial charge on any atom is -0.480 e. The Morgan fingerprint density at radius 3 is 1.46 bits per heavy atom. The Labute approximate surface area is 144 Å². The molecule has 2 rings (SSSR count). The number of hydrogen-bond acceptors (Lipinski definition) is 2.